The largest absolute Gasteiger partial charge is 0.459 e. The van der Waals surface area contributed by atoms with Crippen molar-refractivity contribution >= 4 is 40.8 Å². The fraction of sp³-hybridized carbons (Fsp3) is 0.345. The van der Waals surface area contributed by atoms with Crippen molar-refractivity contribution in [2.24, 2.45) is 4.99 Å². The van der Waals surface area contributed by atoms with Crippen LogP contribution in [-0.2, 0) is 14.3 Å². The monoisotopic (exact) mass is 549 g/mol. The molecule has 2 aliphatic rings. The number of thioether (sulfide) groups is 1. The number of aromatic nitrogens is 1. The Hall–Kier alpha value is -3.14. The molecule has 38 heavy (non-hydrogen) atoms. The summed E-state index contributed by atoms with van der Waals surface area (Å²) in [5, 5.41) is 0. The molecule has 0 radical (unpaired) electrons. The molecule has 1 saturated heterocycles. The molecule has 1 aromatic heterocycles. The van der Waals surface area contributed by atoms with Gasteiger partial charge in [-0.15, -0.1) is 11.8 Å². The highest BCUT2D eigenvalue weighted by Crippen LogP contribution is 2.32. The number of nitrogens with zero attached hydrogens (tertiary/aromatic N) is 3. The van der Waals surface area contributed by atoms with Crippen molar-refractivity contribution in [1.82, 2.24) is 4.57 Å². The van der Waals surface area contributed by atoms with Crippen LogP contribution in [0.4, 0.5) is 5.69 Å². The Labute approximate surface area is 230 Å². The van der Waals surface area contributed by atoms with Crippen LogP contribution < -0.4 is 19.8 Å². The van der Waals surface area contributed by atoms with Gasteiger partial charge < -0.3 is 14.4 Å². The minimum Gasteiger partial charge on any atom is -0.459 e. The van der Waals surface area contributed by atoms with Crippen molar-refractivity contribution in [2.45, 2.75) is 37.8 Å². The molecule has 0 aliphatic carbocycles. The summed E-state index contributed by atoms with van der Waals surface area (Å²) in [5.41, 5.74) is 3.71. The smallest absolute Gasteiger partial charge is 0.338 e. The molecular weight excluding hydrogens is 518 g/mol. The van der Waals surface area contributed by atoms with Gasteiger partial charge >= 0.3 is 5.97 Å². The molecule has 1 atom stereocenters. The van der Waals surface area contributed by atoms with Gasteiger partial charge in [0.1, 0.15) is 0 Å². The third-order valence-electron chi connectivity index (χ3n) is 6.58. The van der Waals surface area contributed by atoms with E-state index < -0.39 is 12.0 Å². The molecular formula is C29H31N3O4S2. The molecule has 2 aromatic carbocycles. The van der Waals surface area contributed by atoms with Gasteiger partial charge in [0.25, 0.3) is 5.56 Å². The number of rotatable bonds is 6. The second kappa shape index (κ2) is 11.3. The first-order valence-electron chi connectivity index (χ1n) is 12.7. The van der Waals surface area contributed by atoms with Crippen LogP contribution in [0.15, 0.2) is 74.5 Å². The first-order chi connectivity index (χ1) is 18.4. The lowest BCUT2D eigenvalue weighted by Crippen LogP contribution is -2.40. The Balaban J connectivity index is 1.58. The topological polar surface area (TPSA) is 73.1 Å². The highest BCUT2D eigenvalue weighted by molar-refractivity contribution is 7.98. The fourth-order valence-electron chi connectivity index (χ4n) is 4.72. The third-order valence-corrected chi connectivity index (χ3v) is 8.31. The first kappa shape index (κ1) is 26.5. The van der Waals surface area contributed by atoms with Gasteiger partial charge in [0.15, 0.2) is 4.80 Å². The zero-order valence-corrected chi connectivity index (χ0v) is 23.6. The average Bonchev–Trinajstić information content (AvgIpc) is 3.22. The Morgan fingerprint density at radius 1 is 1.13 bits per heavy atom. The number of hydrogen-bond acceptors (Lipinski definition) is 8. The molecule has 0 spiro atoms. The number of esters is 1. The summed E-state index contributed by atoms with van der Waals surface area (Å²) in [7, 11) is 0. The summed E-state index contributed by atoms with van der Waals surface area (Å²) >= 11 is 2.98. The average molecular weight is 550 g/mol. The Bertz CT molecular complexity index is 1530. The highest BCUT2D eigenvalue weighted by Gasteiger charge is 2.33. The van der Waals surface area contributed by atoms with E-state index in [1.165, 1.54) is 11.3 Å². The normalized spacial score (nSPS) is 18.0. The molecule has 5 rings (SSSR count). The number of morpholine rings is 1. The van der Waals surface area contributed by atoms with Crippen molar-refractivity contribution in [3.63, 3.8) is 0 Å². The fourth-order valence-corrected chi connectivity index (χ4v) is 6.17. The third kappa shape index (κ3) is 5.36. The van der Waals surface area contributed by atoms with Gasteiger partial charge in [-0.05, 0) is 68.5 Å². The van der Waals surface area contributed by atoms with E-state index in [1.54, 1.807) is 16.3 Å². The molecule has 9 heteroatoms. The van der Waals surface area contributed by atoms with E-state index in [0.717, 1.165) is 48.0 Å². The van der Waals surface area contributed by atoms with Crippen molar-refractivity contribution in [3.05, 3.63) is 90.6 Å². The predicted octanol–water partition coefficient (Wildman–Crippen LogP) is 3.75. The number of allylic oxidation sites excluding steroid dienone is 1. The van der Waals surface area contributed by atoms with Crippen molar-refractivity contribution in [2.75, 3.05) is 37.5 Å². The van der Waals surface area contributed by atoms with Gasteiger partial charge in [0.2, 0.25) is 0 Å². The van der Waals surface area contributed by atoms with Crippen LogP contribution in [0.1, 0.15) is 37.9 Å². The second-order valence-corrected chi connectivity index (χ2v) is 11.4. The van der Waals surface area contributed by atoms with E-state index in [-0.39, 0.29) is 11.7 Å². The van der Waals surface area contributed by atoms with Gasteiger partial charge in [0, 0.05) is 23.7 Å². The lowest BCUT2D eigenvalue weighted by Gasteiger charge is -2.28. The van der Waals surface area contributed by atoms with Crippen LogP contribution >= 0.6 is 23.1 Å². The van der Waals surface area contributed by atoms with Gasteiger partial charge in [-0.25, -0.2) is 9.79 Å². The minimum atomic E-state index is -0.612. The predicted molar refractivity (Wildman–Crippen MR) is 153 cm³/mol. The molecule has 0 amide bonds. The maximum atomic E-state index is 13.8. The number of carbonyl (C=O) groups is 1. The standard InChI is InChI=1S/C29H31N3O4S2/c1-18(2)36-28(34)25-19(3)30-29-32(26(25)21-7-11-23(37-4)12-8-21)27(33)24(38-29)17-20-5-9-22(10-6-20)31-13-15-35-16-14-31/h5-12,17-18,26H,13-16H2,1-4H3/b24-17-/t26-/m1/s1. The van der Waals surface area contributed by atoms with E-state index in [2.05, 4.69) is 22.0 Å². The van der Waals surface area contributed by atoms with Crippen LogP contribution in [0, 0.1) is 0 Å². The summed E-state index contributed by atoms with van der Waals surface area (Å²) in [5.74, 6) is -0.451. The molecule has 3 aromatic rings. The molecule has 0 saturated carbocycles. The number of anilines is 1. The number of ether oxygens (including phenoxy) is 2. The molecule has 2 aliphatic heterocycles. The van der Waals surface area contributed by atoms with Crippen LogP contribution in [0.5, 0.6) is 0 Å². The van der Waals surface area contributed by atoms with Crippen molar-refractivity contribution < 1.29 is 14.3 Å². The lowest BCUT2D eigenvalue weighted by atomic mass is 9.96. The Morgan fingerprint density at radius 3 is 2.45 bits per heavy atom. The molecule has 1 fully saturated rings. The summed E-state index contributed by atoms with van der Waals surface area (Å²) in [6.07, 6.45) is 3.63. The number of benzene rings is 2. The number of carbonyl (C=O) groups excluding carboxylic acids is 1. The van der Waals surface area contributed by atoms with Gasteiger partial charge in [-0.3, -0.25) is 9.36 Å². The molecule has 3 heterocycles. The molecule has 198 valence electrons. The van der Waals surface area contributed by atoms with E-state index in [9.17, 15) is 9.59 Å². The van der Waals surface area contributed by atoms with Crippen LogP contribution in [0.2, 0.25) is 0 Å². The molecule has 0 N–H and O–H groups in total. The van der Waals surface area contributed by atoms with Gasteiger partial charge in [0.05, 0.1) is 41.2 Å². The highest BCUT2D eigenvalue weighted by atomic mass is 32.2. The van der Waals surface area contributed by atoms with Crippen LogP contribution in [-0.4, -0.2) is 49.2 Å². The van der Waals surface area contributed by atoms with Gasteiger partial charge in [-0.1, -0.05) is 35.6 Å². The van der Waals surface area contributed by atoms with Gasteiger partial charge in [-0.2, -0.15) is 0 Å². The summed E-state index contributed by atoms with van der Waals surface area (Å²) in [4.78, 5) is 35.7. The second-order valence-electron chi connectivity index (χ2n) is 9.50. The lowest BCUT2D eigenvalue weighted by molar-refractivity contribution is -0.143. The first-order valence-corrected chi connectivity index (χ1v) is 14.7. The summed E-state index contributed by atoms with van der Waals surface area (Å²) in [6, 6.07) is 15.6. The SMILES string of the molecule is CSc1ccc([C@@H]2C(C(=O)OC(C)C)=C(C)N=c3s/c(=C\c4ccc(N5CCOCC5)cc4)c(=O)n32)cc1. The van der Waals surface area contributed by atoms with E-state index in [4.69, 9.17) is 9.47 Å². The maximum absolute atomic E-state index is 13.8. The van der Waals surface area contributed by atoms with E-state index in [1.807, 2.05) is 69.5 Å². The van der Waals surface area contributed by atoms with E-state index in [0.29, 0.717) is 20.6 Å². The van der Waals surface area contributed by atoms with Crippen LogP contribution in [0.3, 0.4) is 0 Å². The van der Waals surface area contributed by atoms with Crippen molar-refractivity contribution in [1.29, 1.82) is 0 Å². The molecule has 0 bridgehead atoms. The van der Waals surface area contributed by atoms with E-state index >= 15 is 0 Å². The summed E-state index contributed by atoms with van der Waals surface area (Å²) < 4.78 is 13.2. The summed E-state index contributed by atoms with van der Waals surface area (Å²) in [6.45, 7) is 8.65. The number of fused-ring (bicyclic) bond motifs is 1. The zero-order chi connectivity index (χ0) is 26.8. The number of hydrogen-bond donors (Lipinski definition) is 0. The van der Waals surface area contributed by atoms with Crippen molar-refractivity contribution in [3.8, 4) is 0 Å². The van der Waals surface area contributed by atoms with Crippen LogP contribution in [0.25, 0.3) is 6.08 Å². The minimum absolute atomic E-state index is 0.174. The molecule has 7 nitrogen and oxygen atoms in total. The maximum Gasteiger partial charge on any atom is 0.338 e. The quantitative estimate of drug-likeness (QED) is 0.345. The zero-order valence-electron chi connectivity index (χ0n) is 22.0. The molecule has 0 unspecified atom stereocenters. The Kier molecular flexibility index (Phi) is 7.88. The Morgan fingerprint density at radius 2 is 1.82 bits per heavy atom. The number of thiazole rings is 1.